The molecule has 0 N–H and O–H groups in total. The number of benzene rings is 2. The highest BCUT2D eigenvalue weighted by Crippen LogP contribution is 2.29. The van der Waals surface area contributed by atoms with E-state index in [1.807, 2.05) is 31.2 Å². The quantitative estimate of drug-likeness (QED) is 0.240. The van der Waals surface area contributed by atoms with Crippen LogP contribution in [0, 0.1) is 6.92 Å². The monoisotopic (exact) mass is 488 g/mol. The predicted molar refractivity (Wildman–Crippen MR) is 109 cm³/mol. The SMILES string of the molecule is Cc1ccc(S(=O)(=O)OC(CCCCCBr)c2ccc(Br)cc2)cc1. The summed E-state index contributed by atoms with van der Waals surface area (Å²) in [6, 6.07) is 14.4. The lowest BCUT2D eigenvalue weighted by Crippen LogP contribution is -2.13. The molecular formula is C19H22Br2O3S. The third-order valence-corrected chi connectivity index (χ3v) is 6.32. The molecule has 0 saturated heterocycles. The van der Waals surface area contributed by atoms with E-state index in [1.54, 1.807) is 24.3 Å². The summed E-state index contributed by atoms with van der Waals surface area (Å²) < 4.78 is 31.9. The Kier molecular flexibility index (Phi) is 8.13. The molecule has 0 aliphatic carbocycles. The number of alkyl halides is 1. The number of rotatable bonds is 9. The van der Waals surface area contributed by atoms with Gasteiger partial charge in [-0.05, 0) is 49.6 Å². The summed E-state index contributed by atoms with van der Waals surface area (Å²) in [5.41, 5.74) is 1.89. The molecule has 0 aliphatic rings. The van der Waals surface area contributed by atoms with Crippen molar-refractivity contribution in [2.45, 2.75) is 43.6 Å². The molecule has 136 valence electrons. The third kappa shape index (κ3) is 6.51. The van der Waals surface area contributed by atoms with Crippen LogP contribution < -0.4 is 0 Å². The standard InChI is InChI=1S/C19H22Br2O3S/c1-15-6-12-18(13-7-15)25(22,23)24-19(5-3-2-4-14-20)16-8-10-17(21)11-9-16/h6-13,19H,2-5,14H2,1H3. The summed E-state index contributed by atoms with van der Waals surface area (Å²) in [4.78, 5) is 0.195. The minimum absolute atomic E-state index is 0.195. The summed E-state index contributed by atoms with van der Waals surface area (Å²) >= 11 is 6.83. The molecule has 2 aromatic carbocycles. The van der Waals surface area contributed by atoms with E-state index in [0.29, 0.717) is 6.42 Å². The highest BCUT2D eigenvalue weighted by atomic mass is 79.9. The van der Waals surface area contributed by atoms with Crippen molar-refractivity contribution >= 4 is 42.0 Å². The molecular weight excluding hydrogens is 468 g/mol. The predicted octanol–water partition coefficient (Wildman–Crippen LogP) is 6.16. The van der Waals surface area contributed by atoms with Gasteiger partial charge >= 0.3 is 0 Å². The molecule has 0 heterocycles. The number of halogens is 2. The minimum Gasteiger partial charge on any atom is -0.258 e. The van der Waals surface area contributed by atoms with E-state index in [2.05, 4.69) is 31.9 Å². The van der Waals surface area contributed by atoms with Crippen molar-refractivity contribution in [3.63, 3.8) is 0 Å². The van der Waals surface area contributed by atoms with Gasteiger partial charge in [-0.2, -0.15) is 8.42 Å². The molecule has 6 heteroatoms. The Bertz CT molecular complexity index is 756. The Morgan fingerprint density at radius 3 is 2.20 bits per heavy atom. The zero-order valence-electron chi connectivity index (χ0n) is 14.1. The van der Waals surface area contributed by atoms with E-state index >= 15 is 0 Å². The molecule has 25 heavy (non-hydrogen) atoms. The van der Waals surface area contributed by atoms with Crippen LogP contribution in [0.3, 0.4) is 0 Å². The maximum atomic E-state index is 12.6. The van der Waals surface area contributed by atoms with Crippen molar-refractivity contribution in [1.82, 2.24) is 0 Å². The Labute approximate surface area is 167 Å². The van der Waals surface area contributed by atoms with Gasteiger partial charge in [0.25, 0.3) is 10.1 Å². The van der Waals surface area contributed by atoms with Gasteiger partial charge in [0.15, 0.2) is 0 Å². The fourth-order valence-corrected chi connectivity index (χ4v) is 4.22. The lowest BCUT2D eigenvalue weighted by molar-refractivity contribution is 0.198. The first kappa shape index (κ1) is 20.6. The molecule has 1 atom stereocenters. The first-order chi connectivity index (χ1) is 11.9. The normalized spacial score (nSPS) is 12.9. The Hall–Kier alpha value is -0.690. The molecule has 0 fully saturated rings. The van der Waals surface area contributed by atoms with Gasteiger partial charge in [0, 0.05) is 9.80 Å². The molecule has 3 nitrogen and oxygen atoms in total. The molecule has 0 radical (unpaired) electrons. The Morgan fingerprint density at radius 1 is 0.960 bits per heavy atom. The topological polar surface area (TPSA) is 43.4 Å². The molecule has 1 unspecified atom stereocenters. The van der Waals surface area contributed by atoms with E-state index in [-0.39, 0.29) is 4.90 Å². The molecule has 2 aromatic rings. The van der Waals surface area contributed by atoms with E-state index < -0.39 is 16.2 Å². The molecule has 0 amide bonds. The van der Waals surface area contributed by atoms with Gasteiger partial charge in [-0.15, -0.1) is 0 Å². The van der Waals surface area contributed by atoms with E-state index in [9.17, 15) is 8.42 Å². The maximum absolute atomic E-state index is 12.6. The zero-order valence-corrected chi connectivity index (χ0v) is 18.1. The number of aryl methyl sites for hydroxylation is 1. The molecule has 0 spiro atoms. The molecule has 0 bridgehead atoms. The van der Waals surface area contributed by atoms with Crippen LogP contribution in [-0.2, 0) is 14.3 Å². The van der Waals surface area contributed by atoms with Gasteiger partial charge in [-0.1, -0.05) is 74.5 Å². The highest BCUT2D eigenvalue weighted by Gasteiger charge is 2.23. The first-order valence-electron chi connectivity index (χ1n) is 8.24. The van der Waals surface area contributed by atoms with Gasteiger partial charge in [0.05, 0.1) is 4.90 Å². The van der Waals surface area contributed by atoms with Crippen LogP contribution in [-0.4, -0.2) is 13.7 Å². The van der Waals surface area contributed by atoms with Gasteiger partial charge in [-0.25, -0.2) is 0 Å². The summed E-state index contributed by atoms with van der Waals surface area (Å²) in [5.74, 6) is 0. The highest BCUT2D eigenvalue weighted by molar-refractivity contribution is 9.10. The summed E-state index contributed by atoms with van der Waals surface area (Å²) in [6.45, 7) is 1.92. The second kappa shape index (κ2) is 9.86. The van der Waals surface area contributed by atoms with Gasteiger partial charge in [0.2, 0.25) is 0 Å². The fraction of sp³-hybridized carbons (Fsp3) is 0.368. The van der Waals surface area contributed by atoms with Crippen molar-refractivity contribution in [2.24, 2.45) is 0 Å². The van der Waals surface area contributed by atoms with Crippen LogP contribution in [0.1, 0.15) is 42.9 Å². The second-order valence-electron chi connectivity index (χ2n) is 5.94. The van der Waals surface area contributed by atoms with Crippen LogP contribution >= 0.6 is 31.9 Å². The molecule has 0 aromatic heterocycles. The van der Waals surface area contributed by atoms with Crippen molar-refractivity contribution in [1.29, 1.82) is 0 Å². The first-order valence-corrected chi connectivity index (χ1v) is 11.6. The zero-order chi connectivity index (χ0) is 18.3. The van der Waals surface area contributed by atoms with Gasteiger partial charge in [0.1, 0.15) is 6.10 Å². The van der Waals surface area contributed by atoms with Crippen molar-refractivity contribution < 1.29 is 12.6 Å². The molecule has 2 rings (SSSR count). The average molecular weight is 490 g/mol. The maximum Gasteiger partial charge on any atom is 0.297 e. The lowest BCUT2D eigenvalue weighted by atomic mass is 10.0. The van der Waals surface area contributed by atoms with Crippen LogP contribution in [0.15, 0.2) is 57.9 Å². The van der Waals surface area contributed by atoms with Crippen molar-refractivity contribution in [3.05, 3.63) is 64.1 Å². The largest absolute Gasteiger partial charge is 0.297 e. The Morgan fingerprint density at radius 2 is 1.60 bits per heavy atom. The third-order valence-electron chi connectivity index (χ3n) is 3.89. The minimum atomic E-state index is -3.80. The smallest absolute Gasteiger partial charge is 0.258 e. The summed E-state index contributed by atoms with van der Waals surface area (Å²) in [7, 11) is -3.80. The van der Waals surface area contributed by atoms with Crippen LogP contribution in [0.4, 0.5) is 0 Å². The van der Waals surface area contributed by atoms with E-state index in [1.165, 1.54) is 0 Å². The number of hydrogen-bond acceptors (Lipinski definition) is 3. The van der Waals surface area contributed by atoms with E-state index in [4.69, 9.17) is 4.18 Å². The van der Waals surface area contributed by atoms with Crippen molar-refractivity contribution in [3.8, 4) is 0 Å². The molecule has 0 saturated carbocycles. The van der Waals surface area contributed by atoms with Crippen molar-refractivity contribution in [2.75, 3.05) is 5.33 Å². The lowest BCUT2D eigenvalue weighted by Gasteiger charge is -2.18. The number of hydrogen-bond donors (Lipinski definition) is 0. The molecule has 0 aliphatic heterocycles. The average Bonchev–Trinajstić information content (AvgIpc) is 2.59. The summed E-state index contributed by atoms with van der Waals surface area (Å²) in [6.07, 6.45) is 3.20. The van der Waals surface area contributed by atoms with Gasteiger partial charge < -0.3 is 0 Å². The second-order valence-corrected chi connectivity index (χ2v) is 9.22. The van der Waals surface area contributed by atoms with Gasteiger partial charge in [-0.3, -0.25) is 4.18 Å². The fourth-order valence-electron chi connectivity index (χ4n) is 2.46. The van der Waals surface area contributed by atoms with Crippen LogP contribution in [0.25, 0.3) is 0 Å². The van der Waals surface area contributed by atoms with E-state index in [0.717, 1.165) is 40.2 Å². The summed E-state index contributed by atoms with van der Waals surface area (Å²) in [5, 5.41) is 0.957. The van der Waals surface area contributed by atoms with Crippen LogP contribution in [0.2, 0.25) is 0 Å². The Balaban J connectivity index is 2.18. The van der Waals surface area contributed by atoms with Crippen LogP contribution in [0.5, 0.6) is 0 Å². The number of unbranched alkanes of at least 4 members (excludes halogenated alkanes) is 2.